The number of anilines is 2. The molecule has 1 amide bonds. The molecule has 156 valence electrons. The van der Waals surface area contributed by atoms with Gasteiger partial charge >= 0.3 is 0 Å². The molecule has 0 atom stereocenters. The first-order valence-corrected chi connectivity index (χ1v) is 10.4. The molecule has 2 fully saturated rings. The number of amides is 1. The number of ether oxygens (including phenoxy) is 1. The van der Waals surface area contributed by atoms with Crippen molar-refractivity contribution in [1.82, 2.24) is 20.3 Å². The molecule has 0 bridgehead atoms. The molecule has 1 aromatic carbocycles. The van der Waals surface area contributed by atoms with Crippen LogP contribution < -0.4 is 15.1 Å². The Kier molecular flexibility index (Phi) is 5.18. The summed E-state index contributed by atoms with van der Waals surface area (Å²) in [4.78, 5) is 30.8. The van der Waals surface area contributed by atoms with E-state index in [1.165, 1.54) is 0 Å². The number of nitrogens with zero attached hydrogens (tertiary/aromatic N) is 5. The molecule has 4 heterocycles. The second kappa shape index (κ2) is 8.27. The van der Waals surface area contributed by atoms with E-state index >= 15 is 0 Å². The number of nitrogens with one attached hydrogen (secondary N) is 1. The SMILES string of the molecule is O=C(NCc1nc(N2CCCC2)nc(N2CCOCC2)n1)c1cc2ccccc2o1. The van der Waals surface area contributed by atoms with E-state index in [0.717, 1.165) is 44.4 Å². The van der Waals surface area contributed by atoms with Crippen molar-refractivity contribution < 1.29 is 13.9 Å². The standard InChI is InChI=1S/C21H24N6O3/c28-19(17-13-15-5-1-2-6-16(15)30-17)22-14-18-23-20(26-7-3-4-8-26)25-21(24-18)27-9-11-29-12-10-27/h1-2,5-6,13H,3-4,7-12,14H2,(H,22,28). The Hall–Kier alpha value is -3.20. The normalized spacial score (nSPS) is 16.9. The van der Waals surface area contributed by atoms with Crippen LogP contribution in [0.3, 0.4) is 0 Å². The number of para-hydroxylation sites is 1. The molecule has 2 aromatic heterocycles. The van der Waals surface area contributed by atoms with Crippen LogP contribution in [0.1, 0.15) is 29.2 Å². The number of aromatic nitrogens is 3. The van der Waals surface area contributed by atoms with E-state index in [1.54, 1.807) is 6.07 Å². The lowest BCUT2D eigenvalue weighted by molar-refractivity contribution is 0.0924. The molecule has 30 heavy (non-hydrogen) atoms. The maximum absolute atomic E-state index is 12.6. The number of hydrogen-bond donors (Lipinski definition) is 1. The number of morpholine rings is 1. The molecule has 2 saturated heterocycles. The molecule has 0 saturated carbocycles. The van der Waals surface area contributed by atoms with Gasteiger partial charge in [0.05, 0.1) is 19.8 Å². The molecule has 0 aliphatic carbocycles. The van der Waals surface area contributed by atoms with E-state index in [-0.39, 0.29) is 18.2 Å². The van der Waals surface area contributed by atoms with Crippen molar-refractivity contribution in [3.8, 4) is 0 Å². The summed E-state index contributed by atoms with van der Waals surface area (Å²) in [6.45, 7) is 4.89. The van der Waals surface area contributed by atoms with Crippen molar-refractivity contribution in [3.05, 3.63) is 41.9 Å². The number of furan rings is 1. The molecular weight excluding hydrogens is 384 g/mol. The molecule has 5 rings (SSSR count). The first kappa shape index (κ1) is 18.8. The average Bonchev–Trinajstić information content (AvgIpc) is 3.48. The first-order chi connectivity index (χ1) is 14.8. The molecule has 2 aliphatic rings. The number of carbonyl (C=O) groups excluding carboxylic acids is 1. The van der Waals surface area contributed by atoms with Crippen LogP contribution in [0.2, 0.25) is 0 Å². The predicted octanol–water partition coefficient (Wildman–Crippen LogP) is 1.98. The number of fused-ring (bicyclic) bond motifs is 1. The highest BCUT2D eigenvalue weighted by molar-refractivity contribution is 5.95. The molecule has 3 aromatic rings. The van der Waals surface area contributed by atoms with Gasteiger partial charge in [0.15, 0.2) is 11.6 Å². The third-order valence-electron chi connectivity index (χ3n) is 5.40. The average molecular weight is 408 g/mol. The van der Waals surface area contributed by atoms with Gasteiger partial charge < -0.3 is 24.3 Å². The fourth-order valence-electron chi connectivity index (χ4n) is 3.78. The second-order valence-corrected chi connectivity index (χ2v) is 7.48. The van der Waals surface area contributed by atoms with Crippen molar-refractivity contribution in [1.29, 1.82) is 0 Å². The van der Waals surface area contributed by atoms with Crippen LogP contribution in [0.25, 0.3) is 11.0 Å². The van der Waals surface area contributed by atoms with E-state index < -0.39 is 0 Å². The number of carbonyl (C=O) groups is 1. The molecule has 9 nitrogen and oxygen atoms in total. The molecule has 9 heteroatoms. The van der Waals surface area contributed by atoms with Crippen LogP contribution in [0.15, 0.2) is 34.7 Å². The van der Waals surface area contributed by atoms with Gasteiger partial charge in [0.1, 0.15) is 5.58 Å². The van der Waals surface area contributed by atoms with Gasteiger partial charge in [-0.3, -0.25) is 4.79 Å². The molecule has 0 spiro atoms. The van der Waals surface area contributed by atoms with Gasteiger partial charge in [-0.1, -0.05) is 18.2 Å². The number of benzene rings is 1. The van der Waals surface area contributed by atoms with Crippen molar-refractivity contribution in [2.75, 3.05) is 49.2 Å². The summed E-state index contributed by atoms with van der Waals surface area (Å²) in [5, 5.41) is 3.77. The maximum Gasteiger partial charge on any atom is 0.287 e. The van der Waals surface area contributed by atoms with Gasteiger partial charge in [0.2, 0.25) is 11.9 Å². The van der Waals surface area contributed by atoms with Crippen molar-refractivity contribution >= 4 is 28.8 Å². The highest BCUT2D eigenvalue weighted by Crippen LogP contribution is 2.21. The molecule has 2 aliphatic heterocycles. The van der Waals surface area contributed by atoms with Crippen LogP contribution in [0.4, 0.5) is 11.9 Å². The fourth-order valence-corrected chi connectivity index (χ4v) is 3.78. The Morgan fingerprint density at radius 1 is 0.967 bits per heavy atom. The minimum absolute atomic E-state index is 0.205. The smallest absolute Gasteiger partial charge is 0.287 e. The monoisotopic (exact) mass is 408 g/mol. The van der Waals surface area contributed by atoms with Crippen LogP contribution in [-0.2, 0) is 11.3 Å². The first-order valence-electron chi connectivity index (χ1n) is 10.4. The predicted molar refractivity (Wildman–Crippen MR) is 112 cm³/mol. The van der Waals surface area contributed by atoms with E-state index in [1.807, 2.05) is 24.3 Å². The Bertz CT molecular complexity index is 1010. The summed E-state index contributed by atoms with van der Waals surface area (Å²) in [5.41, 5.74) is 0.689. The zero-order chi connectivity index (χ0) is 20.3. The maximum atomic E-state index is 12.6. The van der Waals surface area contributed by atoms with Crippen molar-refractivity contribution in [2.45, 2.75) is 19.4 Å². The minimum Gasteiger partial charge on any atom is -0.451 e. The van der Waals surface area contributed by atoms with E-state index in [2.05, 4.69) is 25.1 Å². The van der Waals surface area contributed by atoms with Gasteiger partial charge in [-0.05, 0) is 25.0 Å². The van der Waals surface area contributed by atoms with Crippen LogP contribution >= 0.6 is 0 Å². The highest BCUT2D eigenvalue weighted by atomic mass is 16.5. The van der Waals surface area contributed by atoms with Gasteiger partial charge in [-0.15, -0.1) is 0 Å². The van der Waals surface area contributed by atoms with Gasteiger partial charge in [0, 0.05) is 31.6 Å². The topological polar surface area (TPSA) is 96.6 Å². The van der Waals surface area contributed by atoms with Crippen LogP contribution in [0.5, 0.6) is 0 Å². The van der Waals surface area contributed by atoms with Gasteiger partial charge in [-0.25, -0.2) is 0 Å². The lowest BCUT2D eigenvalue weighted by Gasteiger charge is -2.28. The van der Waals surface area contributed by atoms with Crippen molar-refractivity contribution in [3.63, 3.8) is 0 Å². The Morgan fingerprint density at radius 3 is 2.40 bits per heavy atom. The highest BCUT2D eigenvalue weighted by Gasteiger charge is 2.21. The molecule has 0 radical (unpaired) electrons. The minimum atomic E-state index is -0.290. The molecular formula is C21H24N6O3. The summed E-state index contributed by atoms with van der Waals surface area (Å²) in [7, 11) is 0. The lowest BCUT2D eigenvalue weighted by Crippen LogP contribution is -2.38. The van der Waals surface area contributed by atoms with Crippen molar-refractivity contribution in [2.24, 2.45) is 0 Å². The summed E-state index contributed by atoms with van der Waals surface area (Å²) in [6, 6.07) is 9.29. The van der Waals surface area contributed by atoms with E-state index in [0.29, 0.717) is 36.5 Å². The van der Waals surface area contributed by atoms with Gasteiger partial charge in [0.25, 0.3) is 5.91 Å². The zero-order valence-electron chi connectivity index (χ0n) is 16.7. The summed E-state index contributed by atoms with van der Waals surface area (Å²) >= 11 is 0. The van der Waals surface area contributed by atoms with Crippen LogP contribution in [-0.4, -0.2) is 60.3 Å². The third-order valence-corrected chi connectivity index (χ3v) is 5.40. The largest absolute Gasteiger partial charge is 0.451 e. The quantitative estimate of drug-likeness (QED) is 0.685. The number of rotatable bonds is 5. The Morgan fingerprint density at radius 2 is 1.67 bits per heavy atom. The summed E-state index contributed by atoms with van der Waals surface area (Å²) < 4.78 is 11.1. The fraction of sp³-hybridized carbons (Fsp3) is 0.429. The summed E-state index contributed by atoms with van der Waals surface area (Å²) in [6.07, 6.45) is 2.27. The Balaban J connectivity index is 1.35. The van der Waals surface area contributed by atoms with E-state index in [4.69, 9.17) is 14.1 Å². The molecule has 0 unspecified atom stereocenters. The van der Waals surface area contributed by atoms with Gasteiger partial charge in [-0.2, -0.15) is 15.0 Å². The summed E-state index contributed by atoms with van der Waals surface area (Å²) in [5.74, 6) is 1.85. The Labute approximate surface area is 174 Å². The van der Waals surface area contributed by atoms with E-state index in [9.17, 15) is 4.79 Å². The van der Waals surface area contributed by atoms with Crippen LogP contribution in [0, 0.1) is 0 Å². The lowest BCUT2D eigenvalue weighted by atomic mass is 10.2. The molecule has 1 N–H and O–H groups in total. The second-order valence-electron chi connectivity index (χ2n) is 7.48. The number of hydrogen-bond acceptors (Lipinski definition) is 8. The third kappa shape index (κ3) is 3.93. The zero-order valence-corrected chi connectivity index (χ0v) is 16.7.